The summed E-state index contributed by atoms with van der Waals surface area (Å²) < 4.78 is 44.9. The lowest BCUT2D eigenvalue weighted by atomic mass is 10.0. The first kappa shape index (κ1) is 13.7. The molecule has 3 nitrogen and oxygen atoms in total. The molecule has 1 aliphatic heterocycles. The van der Waals surface area contributed by atoms with Gasteiger partial charge in [0.25, 0.3) is 0 Å². The van der Waals surface area contributed by atoms with Crippen LogP contribution < -0.4 is 5.32 Å². The van der Waals surface area contributed by atoms with E-state index in [0.29, 0.717) is 6.04 Å². The molecule has 1 rings (SSSR count). The van der Waals surface area contributed by atoms with Gasteiger partial charge in [0.15, 0.2) is 0 Å². The molecule has 16 heavy (non-hydrogen) atoms. The predicted octanol–water partition coefficient (Wildman–Crippen LogP) is 1.72. The highest BCUT2D eigenvalue weighted by Gasteiger charge is 2.27. The lowest BCUT2D eigenvalue weighted by Gasteiger charge is -2.27. The highest BCUT2D eigenvalue weighted by Crippen LogP contribution is 2.14. The molecule has 0 saturated carbocycles. The highest BCUT2D eigenvalue weighted by atomic mass is 19.4. The minimum Gasteiger partial charge on any atom is -0.375 e. The third-order valence-electron chi connectivity index (χ3n) is 2.46. The van der Waals surface area contributed by atoms with Crippen LogP contribution in [0.4, 0.5) is 13.2 Å². The highest BCUT2D eigenvalue weighted by molar-refractivity contribution is 4.74. The van der Waals surface area contributed by atoms with Crippen molar-refractivity contribution in [2.24, 2.45) is 0 Å². The molecular weight excluding hydrogens is 223 g/mol. The number of hydrogen-bond acceptors (Lipinski definition) is 3. The SMILES string of the molecule is CC1CCC(OCCOCC(F)(F)F)CN1. The second-order valence-corrected chi connectivity index (χ2v) is 4.05. The maximum absolute atomic E-state index is 11.7. The standard InChI is InChI=1S/C10H18F3NO2/c1-8-2-3-9(6-14-8)16-5-4-15-7-10(11,12)13/h8-9,14H,2-7H2,1H3. The van der Waals surface area contributed by atoms with Crippen LogP contribution >= 0.6 is 0 Å². The Bertz CT molecular complexity index is 191. The molecule has 0 radical (unpaired) electrons. The maximum atomic E-state index is 11.7. The van der Waals surface area contributed by atoms with E-state index < -0.39 is 12.8 Å². The van der Waals surface area contributed by atoms with Crippen LogP contribution in [-0.2, 0) is 9.47 Å². The van der Waals surface area contributed by atoms with Gasteiger partial charge in [-0.3, -0.25) is 0 Å². The summed E-state index contributed by atoms with van der Waals surface area (Å²) in [7, 11) is 0. The molecule has 0 aromatic heterocycles. The molecule has 0 aromatic rings. The van der Waals surface area contributed by atoms with Crippen molar-refractivity contribution in [3.05, 3.63) is 0 Å². The first-order valence-corrected chi connectivity index (χ1v) is 5.47. The second-order valence-electron chi connectivity index (χ2n) is 4.05. The van der Waals surface area contributed by atoms with Crippen LogP contribution in [0, 0.1) is 0 Å². The molecule has 2 unspecified atom stereocenters. The Morgan fingerprint density at radius 2 is 2.00 bits per heavy atom. The van der Waals surface area contributed by atoms with Gasteiger partial charge in [-0.15, -0.1) is 0 Å². The normalized spacial score (nSPS) is 27.0. The van der Waals surface area contributed by atoms with E-state index in [-0.39, 0.29) is 19.3 Å². The molecule has 1 fully saturated rings. The third kappa shape index (κ3) is 6.30. The lowest BCUT2D eigenvalue weighted by Crippen LogP contribution is -2.41. The third-order valence-corrected chi connectivity index (χ3v) is 2.46. The summed E-state index contributed by atoms with van der Waals surface area (Å²) in [6, 6.07) is 0.501. The van der Waals surface area contributed by atoms with E-state index in [1.54, 1.807) is 0 Å². The summed E-state index contributed by atoms with van der Waals surface area (Å²) in [6.07, 6.45) is -2.16. The number of halogens is 3. The van der Waals surface area contributed by atoms with Crippen LogP contribution in [0.3, 0.4) is 0 Å². The number of nitrogens with one attached hydrogen (secondary N) is 1. The summed E-state index contributed by atoms with van der Waals surface area (Å²) in [4.78, 5) is 0. The van der Waals surface area contributed by atoms with Crippen LogP contribution in [0.2, 0.25) is 0 Å². The van der Waals surface area contributed by atoms with Crippen LogP contribution in [0.5, 0.6) is 0 Å². The van der Waals surface area contributed by atoms with Crippen molar-refractivity contribution >= 4 is 0 Å². The van der Waals surface area contributed by atoms with Gasteiger partial charge < -0.3 is 14.8 Å². The number of rotatable bonds is 5. The van der Waals surface area contributed by atoms with Crippen LogP contribution in [0.25, 0.3) is 0 Å². The molecule has 0 aromatic carbocycles. The van der Waals surface area contributed by atoms with Crippen molar-refractivity contribution in [1.82, 2.24) is 5.32 Å². The Kier molecular flexibility index (Phi) is 5.51. The van der Waals surface area contributed by atoms with Gasteiger partial charge in [0, 0.05) is 12.6 Å². The molecule has 2 atom stereocenters. The largest absolute Gasteiger partial charge is 0.411 e. The fraction of sp³-hybridized carbons (Fsp3) is 1.00. The molecule has 0 amide bonds. The van der Waals surface area contributed by atoms with E-state index in [4.69, 9.17) is 4.74 Å². The Morgan fingerprint density at radius 3 is 2.56 bits per heavy atom. The molecular formula is C10H18F3NO2. The van der Waals surface area contributed by atoms with E-state index in [1.807, 2.05) is 0 Å². The monoisotopic (exact) mass is 241 g/mol. The fourth-order valence-corrected chi connectivity index (χ4v) is 1.58. The van der Waals surface area contributed by atoms with E-state index >= 15 is 0 Å². The lowest BCUT2D eigenvalue weighted by molar-refractivity contribution is -0.177. The van der Waals surface area contributed by atoms with E-state index in [1.165, 1.54) is 0 Å². The quantitative estimate of drug-likeness (QED) is 0.743. The molecule has 0 spiro atoms. The van der Waals surface area contributed by atoms with Crippen molar-refractivity contribution in [2.75, 3.05) is 26.4 Å². The summed E-state index contributed by atoms with van der Waals surface area (Å²) in [5.74, 6) is 0. The van der Waals surface area contributed by atoms with Gasteiger partial charge >= 0.3 is 6.18 Å². The number of ether oxygens (including phenoxy) is 2. The van der Waals surface area contributed by atoms with Crippen molar-refractivity contribution < 1.29 is 22.6 Å². The Morgan fingerprint density at radius 1 is 1.25 bits per heavy atom. The minimum atomic E-state index is -4.25. The molecule has 1 heterocycles. The van der Waals surface area contributed by atoms with Gasteiger partial charge in [-0.2, -0.15) is 13.2 Å². The molecule has 6 heteroatoms. The van der Waals surface area contributed by atoms with Crippen molar-refractivity contribution in [2.45, 2.75) is 38.1 Å². The van der Waals surface area contributed by atoms with Gasteiger partial charge in [0.2, 0.25) is 0 Å². The van der Waals surface area contributed by atoms with E-state index in [9.17, 15) is 13.2 Å². The zero-order valence-electron chi connectivity index (χ0n) is 9.35. The summed E-state index contributed by atoms with van der Waals surface area (Å²) in [5.41, 5.74) is 0. The fourth-order valence-electron chi connectivity index (χ4n) is 1.58. The van der Waals surface area contributed by atoms with E-state index in [2.05, 4.69) is 17.0 Å². The number of hydrogen-bond donors (Lipinski definition) is 1. The summed E-state index contributed by atoms with van der Waals surface area (Å²) in [5, 5.41) is 3.25. The molecule has 96 valence electrons. The van der Waals surface area contributed by atoms with Gasteiger partial charge in [-0.1, -0.05) is 0 Å². The van der Waals surface area contributed by atoms with Gasteiger partial charge in [0.1, 0.15) is 6.61 Å². The topological polar surface area (TPSA) is 30.5 Å². The first-order valence-electron chi connectivity index (χ1n) is 5.47. The molecule has 0 aliphatic carbocycles. The zero-order chi connectivity index (χ0) is 12.0. The van der Waals surface area contributed by atoms with Crippen molar-refractivity contribution in [1.29, 1.82) is 0 Å². The molecule has 1 saturated heterocycles. The average Bonchev–Trinajstić information content (AvgIpc) is 2.19. The summed E-state index contributed by atoms with van der Waals surface area (Å²) >= 11 is 0. The zero-order valence-corrected chi connectivity index (χ0v) is 9.35. The number of alkyl halides is 3. The Hall–Kier alpha value is -0.330. The average molecular weight is 241 g/mol. The second kappa shape index (κ2) is 6.42. The Labute approximate surface area is 93.3 Å². The van der Waals surface area contributed by atoms with Crippen molar-refractivity contribution in [3.63, 3.8) is 0 Å². The maximum Gasteiger partial charge on any atom is 0.411 e. The van der Waals surface area contributed by atoms with Gasteiger partial charge in [-0.05, 0) is 19.8 Å². The van der Waals surface area contributed by atoms with Gasteiger partial charge in [-0.25, -0.2) is 0 Å². The van der Waals surface area contributed by atoms with Crippen LogP contribution in [0.15, 0.2) is 0 Å². The molecule has 0 bridgehead atoms. The van der Waals surface area contributed by atoms with E-state index in [0.717, 1.165) is 19.4 Å². The minimum absolute atomic E-state index is 0.00837. The van der Waals surface area contributed by atoms with Gasteiger partial charge in [0.05, 0.1) is 19.3 Å². The molecule has 1 aliphatic rings. The van der Waals surface area contributed by atoms with Crippen LogP contribution in [0.1, 0.15) is 19.8 Å². The summed E-state index contributed by atoms with van der Waals surface area (Å²) in [6.45, 7) is 1.88. The van der Waals surface area contributed by atoms with Crippen LogP contribution in [-0.4, -0.2) is 44.7 Å². The Balaban J connectivity index is 1.95. The van der Waals surface area contributed by atoms with Crippen molar-refractivity contribution in [3.8, 4) is 0 Å². The predicted molar refractivity (Wildman–Crippen MR) is 53.3 cm³/mol. The molecule has 1 N–H and O–H groups in total. The smallest absolute Gasteiger partial charge is 0.375 e. The first-order chi connectivity index (χ1) is 7.47. The number of piperidine rings is 1.